The van der Waals surface area contributed by atoms with Crippen molar-refractivity contribution in [3.8, 4) is 0 Å². The molecule has 134 valence electrons. The maximum Gasteiger partial charge on any atom is 0.253 e. The molecular formula is C20H26N2O2S. The standard InChI is InChI=1S/C20H26N2O2S/c1-15(21-9-11-24-12-10-21)16-4-7-22(8-5-16)20(23)18-2-3-19-17(14-18)6-13-25-19/h2-3,6,13-16H,4-5,7-12H2,1H3/t15-/m0/s1. The van der Waals surface area contributed by atoms with Crippen LogP contribution >= 0.6 is 11.3 Å². The molecule has 4 nitrogen and oxygen atoms in total. The van der Waals surface area contributed by atoms with E-state index in [1.54, 1.807) is 11.3 Å². The van der Waals surface area contributed by atoms with E-state index in [1.807, 2.05) is 17.0 Å². The first-order valence-electron chi connectivity index (χ1n) is 9.31. The fraction of sp³-hybridized carbons (Fsp3) is 0.550. The van der Waals surface area contributed by atoms with Crippen LogP contribution in [0.15, 0.2) is 29.6 Å². The second kappa shape index (κ2) is 7.44. The van der Waals surface area contributed by atoms with Gasteiger partial charge in [0, 0.05) is 42.5 Å². The molecule has 3 heterocycles. The van der Waals surface area contributed by atoms with Crippen molar-refractivity contribution < 1.29 is 9.53 Å². The molecule has 2 aromatic rings. The average molecular weight is 359 g/mol. The first-order chi connectivity index (χ1) is 12.2. The number of carbonyl (C=O) groups is 1. The van der Waals surface area contributed by atoms with Gasteiger partial charge >= 0.3 is 0 Å². The molecule has 4 rings (SSSR count). The van der Waals surface area contributed by atoms with E-state index < -0.39 is 0 Å². The van der Waals surface area contributed by atoms with Crippen molar-refractivity contribution in [2.45, 2.75) is 25.8 Å². The van der Waals surface area contributed by atoms with Crippen molar-refractivity contribution in [2.75, 3.05) is 39.4 Å². The Balaban J connectivity index is 1.36. The van der Waals surface area contributed by atoms with Crippen molar-refractivity contribution in [3.63, 3.8) is 0 Å². The Morgan fingerprint density at radius 1 is 1.16 bits per heavy atom. The quantitative estimate of drug-likeness (QED) is 0.842. The molecule has 25 heavy (non-hydrogen) atoms. The number of fused-ring (bicyclic) bond motifs is 1. The lowest BCUT2D eigenvalue weighted by Gasteiger charge is -2.41. The number of amides is 1. The van der Waals surface area contributed by atoms with E-state index in [1.165, 1.54) is 10.1 Å². The summed E-state index contributed by atoms with van der Waals surface area (Å²) in [7, 11) is 0. The van der Waals surface area contributed by atoms with E-state index >= 15 is 0 Å². The number of carbonyl (C=O) groups excluding carboxylic acids is 1. The van der Waals surface area contributed by atoms with E-state index in [2.05, 4.69) is 29.3 Å². The summed E-state index contributed by atoms with van der Waals surface area (Å²) in [5, 5.41) is 3.25. The molecule has 0 radical (unpaired) electrons. The number of morpholine rings is 1. The second-order valence-corrected chi connectivity index (χ2v) is 8.14. The highest BCUT2D eigenvalue weighted by molar-refractivity contribution is 7.17. The Kier molecular flexibility index (Phi) is 5.06. The van der Waals surface area contributed by atoms with Gasteiger partial charge in [0.25, 0.3) is 5.91 Å². The van der Waals surface area contributed by atoms with Crippen molar-refractivity contribution >= 4 is 27.3 Å². The van der Waals surface area contributed by atoms with Gasteiger partial charge < -0.3 is 9.64 Å². The van der Waals surface area contributed by atoms with E-state index in [0.717, 1.165) is 57.8 Å². The topological polar surface area (TPSA) is 32.8 Å². The van der Waals surface area contributed by atoms with Gasteiger partial charge in [-0.05, 0) is 60.7 Å². The van der Waals surface area contributed by atoms with Gasteiger partial charge in [0.1, 0.15) is 0 Å². The van der Waals surface area contributed by atoms with E-state index in [0.29, 0.717) is 12.0 Å². The monoisotopic (exact) mass is 358 g/mol. The largest absolute Gasteiger partial charge is 0.379 e. The Hall–Kier alpha value is -1.43. The molecule has 2 aliphatic heterocycles. The van der Waals surface area contributed by atoms with E-state index in [-0.39, 0.29) is 5.91 Å². The lowest BCUT2D eigenvalue weighted by Crippen LogP contribution is -2.49. The number of ether oxygens (including phenoxy) is 1. The van der Waals surface area contributed by atoms with Gasteiger partial charge in [-0.1, -0.05) is 0 Å². The summed E-state index contributed by atoms with van der Waals surface area (Å²) in [5.41, 5.74) is 0.825. The summed E-state index contributed by atoms with van der Waals surface area (Å²) in [6, 6.07) is 8.76. The smallest absolute Gasteiger partial charge is 0.253 e. The third kappa shape index (κ3) is 3.59. The molecule has 2 fully saturated rings. The van der Waals surface area contributed by atoms with Gasteiger partial charge in [-0.3, -0.25) is 9.69 Å². The Morgan fingerprint density at radius 2 is 1.92 bits per heavy atom. The minimum Gasteiger partial charge on any atom is -0.379 e. The maximum absolute atomic E-state index is 12.8. The molecule has 0 aliphatic carbocycles. The molecule has 2 aliphatic rings. The molecule has 0 bridgehead atoms. The third-order valence-electron chi connectivity index (χ3n) is 5.83. The van der Waals surface area contributed by atoms with Crippen LogP contribution in [-0.4, -0.2) is 61.1 Å². The number of hydrogen-bond acceptors (Lipinski definition) is 4. The van der Waals surface area contributed by atoms with Crippen LogP contribution in [0, 0.1) is 5.92 Å². The SMILES string of the molecule is C[C@@H](C1CCN(C(=O)c2ccc3sccc3c2)CC1)N1CCOCC1. The van der Waals surface area contributed by atoms with Crippen LogP contribution in [0.1, 0.15) is 30.1 Å². The number of thiophene rings is 1. The summed E-state index contributed by atoms with van der Waals surface area (Å²) in [4.78, 5) is 17.4. The van der Waals surface area contributed by atoms with Crippen LogP contribution in [0.5, 0.6) is 0 Å². The number of rotatable bonds is 3. The molecule has 0 N–H and O–H groups in total. The van der Waals surface area contributed by atoms with Crippen molar-refractivity contribution in [1.82, 2.24) is 9.80 Å². The molecule has 0 spiro atoms. The normalized spacial score (nSPS) is 21.6. The zero-order chi connectivity index (χ0) is 17.2. The van der Waals surface area contributed by atoms with Crippen LogP contribution in [0.2, 0.25) is 0 Å². The molecule has 1 aromatic heterocycles. The lowest BCUT2D eigenvalue weighted by atomic mass is 9.89. The molecule has 0 saturated carbocycles. The van der Waals surface area contributed by atoms with Crippen LogP contribution < -0.4 is 0 Å². The molecule has 2 saturated heterocycles. The second-order valence-electron chi connectivity index (χ2n) is 7.19. The predicted molar refractivity (Wildman–Crippen MR) is 102 cm³/mol. The average Bonchev–Trinajstić information content (AvgIpc) is 3.15. The number of likely N-dealkylation sites (tertiary alicyclic amines) is 1. The Bertz CT molecular complexity index is 730. The summed E-state index contributed by atoms with van der Waals surface area (Å²) in [6.07, 6.45) is 2.20. The Morgan fingerprint density at radius 3 is 2.68 bits per heavy atom. The van der Waals surface area contributed by atoms with Crippen molar-refractivity contribution in [1.29, 1.82) is 0 Å². The van der Waals surface area contributed by atoms with Gasteiger partial charge in [-0.15, -0.1) is 11.3 Å². The van der Waals surface area contributed by atoms with Crippen LogP contribution in [0.25, 0.3) is 10.1 Å². The third-order valence-corrected chi connectivity index (χ3v) is 6.73. The zero-order valence-electron chi connectivity index (χ0n) is 14.8. The van der Waals surface area contributed by atoms with Crippen LogP contribution in [0.3, 0.4) is 0 Å². The van der Waals surface area contributed by atoms with Crippen molar-refractivity contribution in [2.24, 2.45) is 5.92 Å². The first kappa shape index (κ1) is 17.0. The predicted octanol–water partition coefficient (Wildman–Crippen LogP) is 3.47. The molecule has 1 aromatic carbocycles. The number of benzene rings is 1. The Labute approximate surface area is 153 Å². The highest BCUT2D eigenvalue weighted by atomic mass is 32.1. The van der Waals surface area contributed by atoms with Crippen LogP contribution in [0.4, 0.5) is 0 Å². The molecule has 5 heteroatoms. The van der Waals surface area contributed by atoms with E-state index in [4.69, 9.17) is 4.74 Å². The van der Waals surface area contributed by atoms with Gasteiger partial charge in [-0.25, -0.2) is 0 Å². The zero-order valence-corrected chi connectivity index (χ0v) is 15.6. The summed E-state index contributed by atoms with van der Waals surface area (Å²) < 4.78 is 6.71. The molecule has 0 unspecified atom stereocenters. The van der Waals surface area contributed by atoms with Gasteiger partial charge in [-0.2, -0.15) is 0 Å². The number of piperidine rings is 1. The molecule has 1 atom stereocenters. The van der Waals surface area contributed by atoms with Gasteiger partial charge in [0.15, 0.2) is 0 Å². The van der Waals surface area contributed by atoms with Crippen LogP contribution in [-0.2, 0) is 4.74 Å². The molecular weight excluding hydrogens is 332 g/mol. The highest BCUT2D eigenvalue weighted by Gasteiger charge is 2.30. The summed E-state index contributed by atoms with van der Waals surface area (Å²) >= 11 is 1.72. The fourth-order valence-corrected chi connectivity index (χ4v) is 4.92. The minimum absolute atomic E-state index is 0.186. The number of nitrogens with zero attached hydrogens (tertiary/aromatic N) is 2. The van der Waals surface area contributed by atoms with Gasteiger partial charge in [0.2, 0.25) is 0 Å². The summed E-state index contributed by atoms with van der Waals surface area (Å²) in [5.74, 6) is 0.868. The molecule has 1 amide bonds. The minimum atomic E-state index is 0.186. The van der Waals surface area contributed by atoms with Gasteiger partial charge in [0.05, 0.1) is 13.2 Å². The van der Waals surface area contributed by atoms with Crippen molar-refractivity contribution in [3.05, 3.63) is 35.2 Å². The maximum atomic E-state index is 12.8. The summed E-state index contributed by atoms with van der Waals surface area (Å²) in [6.45, 7) is 7.89. The lowest BCUT2D eigenvalue weighted by molar-refractivity contribution is -0.000949. The highest BCUT2D eigenvalue weighted by Crippen LogP contribution is 2.27. The fourth-order valence-electron chi connectivity index (χ4n) is 4.15. The van der Waals surface area contributed by atoms with E-state index in [9.17, 15) is 4.79 Å². The number of hydrogen-bond donors (Lipinski definition) is 0. The first-order valence-corrected chi connectivity index (χ1v) is 10.2.